The van der Waals surface area contributed by atoms with Crippen LogP contribution < -0.4 is 5.32 Å². The maximum absolute atomic E-state index is 12.5. The molecule has 1 unspecified atom stereocenters. The van der Waals surface area contributed by atoms with Crippen LogP contribution in [-0.2, 0) is 20.7 Å². The van der Waals surface area contributed by atoms with E-state index >= 15 is 0 Å². The fraction of sp³-hybridized carbons (Fsp3) is 0.500. The average Bonchev–Trinajstić information content (AvgIpc) is 2.50. The number of carbonyl (C=O) groups excluding carboxylic acids is 2. The van der Waals surface area contributed by atoms with Gasteiger partial charge in [0.25, 0.3) is 0 Å². The van der Waals surface area contributed by atoms with Gasteiger partial charge in [0.1, 0.15) is 6.04 Å². The van der Waals surface area contributed by atoms with Crippen LogP contribution >= 0.6 is 0 Å². The highest BCUT2D eigenvalue weighted by Gasteiger charge is 2.36. The number of nitrogens with zero attached hydrogens (tertiary/aromatic N) is 1. The fourth-order valence-corrected chi connectivity index (χ4v) is 2.61. The third-order valence-electron chi connectivity index (χ3n) is 3.66. The van der Waals surface area contributed by atoms with Gasteiger partial charge < -0.3 is 15.0 Å². The Kier molecular flexibility index (Phi) is 5.33. The molecule has 0 saturated heterocycles. The van der Waals surface area contributed by atoms with E-state index in [-0.39, 0.29) is 11.8 Å². The predicted molar refractivity (Wildman–Crippen MR) is 79.8 cm³/mol. The normalized spacial score (nSPS) is 17.5. The zero-order chi connectivity index (χ0) is 15.2. The molecule has 1 heterocycles. The Balaban J connectivity index is 2.31. The van der Waals surface area contributed by atoms with Crippen molar-refractivity contribution in [2.45, 2.75) is 25.8 Å². The van der Waals surface area contributed by atoms with Crippen molar-refractivity contribution < 1.29 is 14.3 Å². The van der Waals surface area contributed by atoms with Crippen molar-refractivity contribution >= 4 is 11.8 Å². The highest BCUT2D eigenvalue weighted by atomic mass is 16.5. The minimum atomic E-state index is -0.552. The zero-order valence-corrected chi connectivity index (χ0v) is 12.6. The van der Waals surface area contributed by atoms with E-state index in [1.807, 2.05) is 31.2 Å². The summed E-state index contributed by atoms with van der Waals surface area (Å²) in [7, 11) is 1.59. The summed E-state index contributed by atoms with van der Waals surface area (Å²) in [6, 6.07) is 7.10. The Bertz CT molecular complexity index is 516. The third kappa shape index (κ3) is 3.42. The predicted octanol–water partition coefficient (Wildman–Crippen LogP) is 1.28. The number of hydrogen-bond donors (Lipinski definition) is 1. The Labute approximate surface area is 125 Å². The van der Waals surface area contributed by atoms with Crippen molar-refractivity contribution in [1.82, 2.24) is 10.2 Å². The Morgan fingerprint density at radius 3 is 2.90 bits per heavy atom. The monoisotopic (exact) mass is 290 g/mol. The Morgan fingerprint density at radius 1 is 1.43 bits per heavy atom. The van der Waals surface area contributed by atoms with Crippen molar-refractivity contribution in [3.8, 4) is 0 Å². The molecule has 1 aromatic rings. The smallest absolute Gasteiger partial charge is 0.247 e. The maximum atomic E-state index is 12.5. The van der Waals surface area contributed by atoms with Crippen LogP contribution in [-0.4, -0.2) is 43.5 Å². The summed E-state index contributed by atoms with van der Waals surface area (Å²) in [6.45, 7) is 3.46. The number of nitrogens with one attached hydrogen (secondary N) is 1. The number of methoxy groups -OCH3 is 1. The topological polar surface area (TPSA) is 58.6 Å². The first-order valence-electron chi connectivity index (χ1n) is 7.33. The number of amides is 2. The number of fused-ring (bicyclic) bond motifs is 1. The molecule has 0 saturated carbocycles. The summed E-state index contributed by atoms with van der Waals surface area (Å²) in [5.74, 6) is -0.143. The van der Waals surface area contributed by atoms with Crippen LogP contribution in [0.15, 0.2) is 24.3 Å². The van der Waals surface area contributed by atoms with Gasteiger partial charge in [-0.3, -0.25) is 9.59 Å². The maximum Gasteiger partial charge on any atom is 0.247 e. The molecule has 1 N–H and O–H groups in total. The second-order valence-corrected chi connectivity index (χ2v) is 5.15. The summed E-state index contributed by atoms with van der Waals surface area (Å²) in [5.41, 5.74) is 1.86. The molecule has 21 heavy (non-hydrogen) atoms. The van der Waals surface area contributed by atoms with Crippen molar-refractivity contribution in [3.63, 3.8) is 0 Å². The molecule has 2 rings (SSSR count). The van der Waals surface area contributed by atoms with Gasteiger partial charge in [-0.2, -0.15) is 0 Å². The molecule has 0 aliphatic carbocycles. The summed E-state index contributed by atoms with van der Waals surface area (Å²) >= 11 is 0. The molecule has 0 aromatic heterocycles. The molecular formula is C16H22N2O3. The lowest BCUT2D eigenvalue weighted by molar-refractivity contribution is -0.142. The van der Waals surface area contributed by atoms with Crippen molar-refractivity contribution in [3.05, 3.63) is 35.4 Å². The van der Waals surface area contributed by atoms with Crippen LogP contribution in [0.3, 0.4) is 0 Å². The van der Waals surface area contributed by atoms with Gasteiger partial charge in [-0.25, -0.2) is 0 Å². The minimum Gasteiger partial charge on any atom is -0.383 e. The molecule has 0 radical (unpaired) electrons. The van der Waals surface area contributed by atoms with Crippen molar-refractivity contribution in [2.75, 3.05) is 26.8 Å². The number of ether oxygens (including phenoxy) is 1. The van der Waals surface area contributed by atoms with E-state index in [2.05, 4.69) is 5.32 Å². The summed E-state index contributed by atoms with van der Waals surface area (Å²) in [5, 5.41) is 2.90. The Morgan fingerprint density at radius 2 is 2.19 bits per heavy atom. The molecule has 2 amide bonds. The van der Waals surface area contributed by atoms with Gasteiger partial charge >= 0.3 is 0 Å². The van der Waals surface area contributed by atoms with Crippen LogP contribution in [0.1, 0.15) is 30.5 Å². The molecule has 5 nitrogen and oxygen atoms in total. The lowest BCUT2D eigenvalue weighted by Crippen LogP contribution is -2.48. The van der Waals surface area contributed by atoms with E-state index in [0.717, 1.165) is 17.5 Å². The standard InChI is InChI=1S/C16H22N2O3/c1-3-8-17-16(20)15-13-7-5-4-6-12(13)11-14(19)18(15)9-10-21-2/h4-7,15H,3,8-11H2,1-2H3,(H,17,20). The van der Waals surface area contributed by atoms with Gasteiger partial charge in [-0.05, 0) is 17.5 Å². The molecule has 5 heteroatoms. The van der Waals surface area contributed by atoms with E-state index in [1.165, 1.54) is 0 Å². The molecule has 114 valence electrons. The van der Waals surface area contributed by atoms with Crippen molar-refractivity contribution in [2.24, 2.45) is 0 Å². The SMILES string of the molecule is CCCNC(=O)C1c2ccccc2CC(=O)N1CCOC. The molecule has 1 aliphatic rings. The van der Waals surface area contributed by atoms with Crippen LogP contribution in [0.2, 0.25) is 0 Å². The molecular weight excluding hydrogens is 268 g/mol. The van der Waals surface area contributed by atoms with Gasteiger partial charge in [-0.1, -0.05) is 31.2 Å². The highest BCUT2D eigenvalue weighted by molar-refractivity contribution is 5.92. The zero-order valence-electron chi connectivity index (χ0n) is 12.6. The van der Waals surface area contributed by atoms with E-state index < -0.39 is 6.04 Å². The first kappa shape index (κ1) is 15.5. The molecule has 1 aromatic carbocycles. The molecule has 0 bridgehead atoms. The fourth-order valence-electron chi connectivity index (χ4n) is 2.61. The molecule has 0 fully saturated rings. The van der Waals surface area contributed by atoms with Crippen molar-refractivity contribution in [1.29, 1.82) is 0 Å². The second-order valence-electron chi connectivity index (χ2n) is 5.15. The van der Waals surface area contributed by atoms with Crippen LogP contribution in [0.4, 0.5) is 0 Å². The van der Waals surface area contributed by atoms with Crippen LogP contribution in [0.5, 0.6) is 0 Å². The second kappa shape index (κ2) is 7.22. The third-order valence-corrected chi connectivity index (χ3v) is 3.66. The molecule has 1 atom stereocenters. The quantitative estimate of drug-likeness (QED) is 0.859. The summed E-state index contributed by atoms with van der Waals surface area (Å²) in [4.78, 5) is 26.5. The lowest BCUT2D eigenvalue weighted by Gasteiger charge is -2.36. The van der Waals surface area contributed by atoms with Gasteiger partial charge in [0.15, 0.2) is 0 Å². The van der Waals surface area contributed by atoms with E-state index in [4.69, 9.17) is 4.74 Å². The highest BCUT2D eigenvalue weighted by Crippen LogP contribution is 2.30. The van der Waals surface area contributed by atoms with Crippen LogP contribution in [0.25, 0.3) is 0 Å². The van der Waals surface area contributed by atoms with Gasteiger partial charge in [0.2, 0.25) is 11.8 Å². The first-order valence-corrected chi connectivity index (χ1v) is 7.33. The lowest BCUT2D eigenvalue weighted by atomic mass is 9.91. The number of carbonyl (C=O) groups is 2. The van der Waals surface area contributed by atoms with Crippen LogP contribution in [0, 0.1) is 0 Å². The average molecular weight is 290 g/mol. The van der Waals surface area contributed by atoms with Gasteiger partial charge in [-0.15, -0.1) is 0 Å². The summed E-state index contributed by atoms with van der Waals surface area (Å²) in [6.07, 6.45) is 1.21. The Hall–Kier alpha value is -1.88. The first-order chi connectivity index (χ1) is 10.2. The number of hydrogen-bond acceptors (Lipinski definition) is 3. The van der Waals surface area contributed by atoms with E-state index in [0.29, 0.717) is 26.1 Å². The largest absolute Gasteiger partial charge is 0.383 e. The van der Waals surface area contributed by atoms with Gasteiger partial charge in [0, 0.05) is 20.2 Å². The van der Waals surface area contributed by atoms with E-state index in [9.17, 15) is 9.59 Å². The molecule has 1 aliphatic heterocycles. The number of rotatable bonds is 6. The number of benzene rings is 1. The minimum absolute atomic E-state index is 0.0256. The van der Waals surface area contributed by atoms with E-state index in [1.54, 1.807) is 12.0 Å². The van der Waals surface area contributed by atoms with Gasteiger partial charge in [0.05, 0.1) is 13.0 Å². The molecule has 0 spiro atoms. The summed E-state index contributed by atoms with van der Waals surface area (Å²) < 4.78 is 5.06.